The minimum atomic E-state index is -1.06. The Morgan fingerprint density at radius 3 is 2.38 bits per heavy atom. The average molecular weight is 548 g/mol. The molecule has 2 N–H and O–H groups in total. The van der Waals surface area contributed by atoms with Gasteiger partial charge in [-0.25, -0.2) is 14.9 Å². The van der Waals surface area contributed by atoms with Crippen molar-refractivity contribution in [3.05, 3.63) is 92.5 Å². The van der Waals surface area contributed by atoms with Gasteiger partial charge in [-0.2, -0.15) is 5.10 Å². The standard InChI is InChI=1S/C27H25N5O6S/c1-16(18-12-13-20(21(15-18)37-4)38-27(36)22-11-8-14-39-22)29-30-25(34)24(33)28-23-17(2)31(3)32(26(23)35)19-9-6-5-7-10-19/h5-15H,1-4H3,(H,28,33)(H,30,34). The van der Waals surface area contributed by atoms with E-state index in [9.17, 15) is 19.2 Å². The van der Waals surface area contributed by atoms with Crippen molar-refractivity contribution < 1.29 is 23.9 Å². The zero-order valence-electron chi connectivity index (χ0n) is 21.6. The van der Waals surface area contributed by atoms with Crippen LogP contribution in [0.3, 0.4) is 0 Å². The second-order valence-electron chi connectivity index (χ2n) is 8.26. The highest BCUT2D eigenvalue weighted by Crippen LogP contribution is 2.29. The maximum Gasteiger partial charge on any atom is 0.353 e. The number of thiophene rings is 1. The number of nitrogens with zero attached hydrogens (tertiary/aromatic N) is 3. The topological polar surface area (TPSA) is 133 Å². The SMILES string of the molecule is COc1cc(C(C)=NNC(=O)C(=O)Nc2c(C)n(C)n(-c3ccccc3)c2=O)ccc1OC(=O)c1cccs1. The molecule has 0 unspecified atom stereocenters. The first-order chi connectivity index (χ1) is 18.7. The number of ether oxygens (including phenoxy) is 2. The van der Waals surface area contributed by atoms with Crippen molar-refractivity contribution in [1.29, 1.82) is 0 Å². The van der Waals surface area contributed by atoms with Crippen molar-refractivity contribution >= 4 is 40.5 Å². The minimum Gasteiger partial charge on any atom is -0.493 e. The zero-order valence-corrected chi connectivity index (χ0v) is 22.4. The molecule has 0 spiro atoms. The first kappa shape index (κ1) is 27.1. The number of methoxy groups -OCH3 is 1. The van der Waals surface area contributed by atoms with E-state index in [1.807, 2.05) is 6.07 Å². The highest BCUT2D eigenvalue weighted by molar-refractivity contribution is 7.12. The van der Waals surface area contributed by atoms with Gasteiger partial charge in [0.2, 0.25) is 0 Å². The minimum absolute atomic E-state index is 0.0142. The van der Waals surface area contributed by atoms with E-state index in [4.69, 9.17) is 9.47 Å². The average Bonchev–Trinajstić information content (AvgIpc) is 3.56. The Morgan fingerprint density at radius 2 is 1.72 bits per heavy atom. The smallest absolute Gasteiger partial charge is 0.353 e. The predicted octanol–water partition coefficient (Wildman–Crippen LogP) is 3.25. The van der Waals surface area contributed by atoms with E-state index in [2.05, 4.69) is 15.8 Å². The second-order valence-corrected chi connectivity index (χ2v) is 9.21. The van der Waals surface area contributed by atoms with Crippen LogP contribution in [-0.4, -0.2) is 40.0 Å². The molecule has 0 radical (unpaired) electrons. The predicted molar refractivity (Wildman–Crippen MR) is 147 cm³/mol. The molecule has 2 amide bonds. The third-order valence-electron chi connectivity index (χ3n) is 5.83. The van der Waals surface area contributed by atoms with Crippen LogP contribution in [0.5, 0.6) is 11.5 Å². The Balaban J connectivity index is 1.45. The fraction of sp³-hybridized carbons (Fsp3) is 0.148. The van der Waals surface area contributed by atoms with Crippen molar-refractivity contribution in [3.63, 3.8) is 0 Å². The number of hydrogen-bond donors (Lipinski definition) is 2. The summed E-state index contributed by atoms with van der Waals surface area (Å²) in [6.45, 7) is 3.27. The van der Waals surface area contributed by atoms with Crippen LogP contribution in [0.4, 0.5) is 5.69 Å². The molecule has 0 aliphatic heterocycles. The lowest BCUT2D eigenvalue weighted by Crippen LogP contribution is -2.34. The summed E-state index contributed by atoms with van der Waals surface area (Å²) in [6, 6.07) is 17.1. The number of hydrazone groups is 1. The zero-order chi connectivity index (χ0) is 28.1. The molecule has 0 fully saturated rings. The van der Waals surface area contributed by atoms with Crippen LogP contribution in [0.2, 0.25) is 0 Å². The number of amides is 2. The van der Waals surface area contributed by atoms with Gasteiger partial charge in [-0.05, 0) is 55.6 Å². The molecule has 39 heavy (non-hydrogen) atoms. The van der Waals surface area contributed by atoms with E-state index in [1.54, 1.807) is 85.6 Å². The van der Waals surface area contributed by atoms with Gasteiger partial charge >= 0.3 is 17.8 Å². The Morgan fingerprint density at radius 1 is 0.974 bits per heavy atom. The van der Waals surface area contributed by atoms with Gasteiger partial charge in [0.05, 0.1) is 24.2 Å². The summed E-state index contributed by atoms with van der Waals surface area (Å²) < 4.78 is 13.7. The lowest BCUT2D eigenvalue weighted by Gasteiger charge is -2.10. The maximum atomic E-state index is 13.0. The molecule has 0 bridgehead atoms. The van der Waals surface area contributed by atoms with Gasteiger partial charge in [0.1, 0.15) is 10.6 Å². The number of carbonyl (C=O) groups is 3. The summed E-state index contributed by atoms with van der Waals surface area (Å²) in [5.74, 6) is -2.12. The number of esters is 1. The summed E-state index contributed by atoms with van der Waals surface area (Å²) >= 11 is 1.26. The van der Waals surface area contributed by atoms with Gasteiger partial charge in [-0.1, -0.05) is 24.3 Å². The number of nitrogens with one attached hydrogen (secondary N) is 2. The van der Waals surface area contributed by atoms with E-state index in [0.717, 1.165) is 0 Å². The Bertz CT molecular complexity index is 1620. The van der Waals surface area contributed by atoms with Crippen molar-refractivity contribution in [2.75, 3.05) is 12.4 Å². The molecule has 0 aliphatic carbocycles. The van der Waals surface area contributed by atoms with Gasteiger partial charge in [0, 0.05) is 12.6 Å². The molecule has 0 saturated carbocycles. The molecule has 2 aromatic heterocycles. The van der Waals surface area contributed by atoms with Crippen LogP contribution >= 0.6 is 11.3 Å². The quantitative estimate of drug-likeness (QED) is 0.120. The molecule has 11 nitrogen and oxygen atoms in total. The normalized spacial score (nSPS) is 11.1. The van der Waals surface area contributed by atoms with Gasteiger partial charge < -0.3 is 14.8 Å². The van der Waals surface area contributed by atoms with Crippen molar-refractivity contribution in [1.82, 2.24) is 14.8 Å². The molecule has 4 aromatic rings. The summed E-state index contributed by atoms with van der Waals surface area (Å²) in [6.07, 6.45) is 0. The summed E-state index contributed by atoms with van der Waals surface area (Å²) in [5.41, 5.74) is 3.69. The summed E-state index contributed by atoms with van der Waals surface area (Å²) in [5, 5.41) is 8.14. The fourth-order valence-corrected chi connectivity index (χ4v) is 4.25. The number of para-hydroxylation sites is 1. The molecular formula is C27H25N5O6S. The fourth-order valence-electron chi connectivity index (χ4n) is 3.65. The van der Waals surface area contributed by atoms with Crippen LogP contribution in [-0.2, 0) is 16.6 Å². The molecule has 0 atom stereocenters. The van der Waals surface area contributed by atoms with Gasteiger partial charge in [0.25, 0.3) is 5.56 Å². The van der Waals surface area contributed by atoms with Gasteiger partial charge in [0.15, 0.2) is 11.5 Å². The van der Waals surface area contributed by atoms with Gasteiger partial charge in [-0.15, -0.1) is 11.3 Å². The first-order valence-corrected chi connectivity index (χ1v) is 12.5. The first-order valence-electron chi connectivity index (χ1n) is 11.6. The van der Waals surface area contributed by atoms with Crippen molar-refractivity contribution in [3.8, 4) is 17.2 Å². The summed E-state index contributed by atoms with van der Waals surface area (Å²) in [7, 11) is 3.10. The third kappa shape index (κ3) is 5.80. The van der Waals surface area contributed by atoms with Crippen LogP contribution in [0, 0.1) is 6.92 Å². The highest BCUT2D eigenvalue weighted by atomic mass is 32.1. The van der Waals surface area contributed by atoms with E-state index in [-0.39, 0.29) is 17.2 Å². The molecule has 0 aliphatic rings. The molecule has 4 rings (SSSR count). The van der Waals surface area contributed by atoms with E-state index < -0.39 is 23.3 Å². The number of benzene rings is 2. The number of carbonyl (C=O) groups excluding carboxylic acids is 3. The molecule has 2 aromatic carbocycles. The molecular weight excluding hydrogens is 522 g/mol. The van der Waals surface area contributed by atoms with Crippen LogP contribution in [0.25, 0.3) is 5.69 Å². The Hall–Kier alpha value is -4.97. The number of anilines is 1. The van der Waals surface area contributed by atoms with E-state index in [0.29, 0.717) is 27.5 Å². The Kier molecular flexibility index (Phi) is 8.06. The molecule has 12 heteroatoms. The largest absolute Gasteiger partial charge is 0.493 e. The second kappa shape index (κ2) is 11.6. The maximum absolute atomic E-state index is 13.0. The Labute approximate surface area is 227 Å². The summed E-state index contributed by atoms with van der Waals surface area (Å²) in [4.78, 5) is 50.7. The highest BCUT2D eigenvalue weighted by Gasteiger charge is 2.22. The molecule has 200 valence electrons. The monoisotopic (exact) mass is 547 g/mol. The number of aromatic nitrogens is 2. The molecule has 2 heterocycles. The third-order valence-corrected chi connectivity index (χ3v) is 6.68. The van der Waals surface area contributed by atoms with Crippen molar-refractivity contribution in [2.24, 2.45) is 12.1 Å². The number of rotatable bonds is 7. The molecule has 0 saturated heterocycles. The van der Waals surface area contributed by atoms with Crippen LogP contribution < -0.4 is 25.8 Å². The van der Waals surface area contributed by atoms with Gasteiger partial charge in [-0.3, -0.25) is 19.1 Å². The lowest BCUT2D eigenvalue weighted by molar-refractivity contribution is -0.136. The lowest BCUT2D eigenvalue weighted by atomic mass is 10.1. The van der Waals surface area contributed by atoms with Crippen LogP contribution in [0.15, 0.2) is 75.9 Å². The van der Waals surface area contributed by atoms with E-state index >= 15 is 0 Å². The number of hydrogen-bond acceptors (Lipinski definition) is 8. The van der Waals surface area contributed by atoms with E-state index in [1.165, 1.54) is 23.1 Å². The van der Waals surface area contributed by atoms with Crippen LogP contribution in [0.1, 0.15) is 27.9 Å². The van der Waals surface area contributed by atoms with Crippen molar-refractivity contribution in [2.45, 2.75) is 13.8 Å².